The van der Waals surface area contributed by atoms with E-state index in [2.05, 4.69) is 25.8 Å². The Balaban J connectivity index is 2.23. The zero-order valence-corrected chi connectivity index (χ0v) is 14.6. The Kier molecular flexibility index (Phi) is 5.34. The summed E-state index contributed by atoms with van der Waals surface area (Å²) in [5, 5.41) is 10.4. The molecule has 0 aliphatic rings. The minimum atomic E-state index is -4.69. The minimum absolute atomic E-state index is 0.0784. The molecule has 0 fully saturated rings. The Labute approximate surface area is 150 Å². The molecule has 25 heavy (non-hydrogen) atoms. The number of nitrogens with zero attached hydrogens (tertiary/aromatic N) is 3. The van der Waals surface area contributed by atoms with Crippen molar-refractivity contribution in [2.24, 2.45) is 0 Å². The lowest BCUT2D eigenvalue weighted by Gasteiger charge is -2.23. The third-order valence-electron chi connectivity index (χ3n) is 3.59. The van der Waals surface area contributed by atoms with Gasteiger partial charge in [-0.15, -0.1) is 0 Å². The topological polar surface area (TPSA) is 59.5 Å². The van der Waals surface area contributed by atoms with E-state index < -0.39 is 28.8 Å². The maximum Gasteiger partial charge on any atom is 0.407 e. The van der Waals surface area contributed by atoms with Crippen molar-refractivity contribution < 1.29 is 23.1 Å². The van der Waals surface area contributed by atoms with Crippen LogP contribution in [0.1, 0.15) is 18.1 Å². The van der Waals surface area contributed by atoms with Gasteiger partial charge in [-0.25, -0.2) is 9.83 Å². The second kappa shape index (κ2) is 6.98. The molecule has 0 spiro atoms. The van der Waals surface area contributed by atoms with Gasteiger partial charge >= 0.3 is 6.18 Å². The molecule has 0 unspecified atom stereocenters. The molecule has 0 bridgehead atoms. The van der Waals surface area contributed by atoms with Crippen molar-refractivity contribution >= 4 is 27.4 Å². The summed E-state index contributed by atoms with van der Waals surface area (Å²) in [5.41, 5.74) is -3.34. The van der Waals surface area contributed by atoms with Crippen LogP contribution in [0.4, 0.5) is 18.9 Å². The number of imidazole rings is 1. The Hall–Kier alpha value is -2.18. The van der Waals surface area contributed by atoms with Crippen molar-refractivity contribution in [3.05, 3.63) is 57.9 Å². The lowest BCUT2D eigenvalue weighted by Crippen LogP contribution is -2.40. The number of ketones is 1. The van der Waals surface area contributed by atoms with Crippen molar-refractivity contribution in [2.45, 2.75) is 31.7 Å². The van der Waals surface area contributed by atoms with Gasteiger partial charge in [0.1, 0.15) is 10.2 Å². The van der Waals surface area contributed by atoms with E-state index in [0.717, 1.165) is 12.1 Å². The molecular weight excluding hydrogens is 403 g/mol. The summed E-state index contributed by atoms with van der Waals surface area (Å²) >= 11 is 3.21. The molecule has 0 saturated carbocycles. The number of benzene rings is 1. The van der Waals surface area contributed by atoms with Gasteiger partial charge in [0, 0.05) is 6.42 Å². The molecule has 0 radical (unpaired) electrons. The molecular formula is C16H13BrF3N3O2. The first-order valence-corrected chi connectivity index (χ1v) is 7.83. The highest BCUT2D eigenvalue weighted by atomic mass is 79.9. The number of hydrogen-bond acceptors (Lipinski definition) is 3. The molecule has 0 aliphatic carbocycles. The molecule has 1 heterocycles. The largest absolute Gasteiger partial charge is 0.407 e. The van der Waals surface area contributed by atoms with Gasteiger partial charge in [-0.1, -0.05) is 18.2 Å². The second-order valence-corrected chi connectivity index (χ2v) is 6.49. The van der Waals surface area contributed by atoms with Gasteiger partial charge in [0.15, 0.2) is 11.5 Å². The van der Waals surface area contributed by atoms with Crippen LogP contribution in [0.15, 0.2) is 35.3 Å². The molecule has 132 valence electrons. The summed E-state index contributed by atoms with van der Waals surface area (Å²) in [4.78, 5) is 19.0. The molecule has 5 nitrogen and oxygen atoms in total. The third kappa shape index (κ3) is 4.46. The zero-order valence-electron chi connectivity index (χ0n) is 13.0. The van der Waals surface area contributed by atoms with Crippen molar-refractivity contribution in [2.75, 3.05) is 0 Å². The molecule has 0 saturated heterocycles. The average Bonchev–Trinajstić information content (AvgIpc) is 2.90. The van der Waals surface area contributed by atoms with Gasteiger partial charge in [0.05, 0.1) is 31.2 Å². The highest BCUT2D eigenvalue weighted by Crippen LogP contribution is 2.37. The molecule has 1 aromatic heterocycles. The number of aromatic nitrogens is 2. The Morgan fingerprint density at radius 2 is 2.12 bits per heavy atom. The van der Waals surface area contributed by atoms with Crippen LogP contribution >= 0.6 is 15.9 Å². The molecule has 2 aromatic rings. The fourth-order valence-electron chi connectivity index (χ4n) is 2.23. The SMILES string of the molecule is [C-]#[N+]c1ccc(CC(=O)[C@@](C)(O)Cn2cncc2Br)cc1C(F)(F)F. The van der Waals surface area contributed by atoms with Crippen molar-refractivity contribution in [1.82, 2.24) is 9.55 Å². The average molecular weight is 416 g/mol. The Morgan fingerprint density at radius 3 is 2.64 bits per heavy atom. The van der Waals surface area contributed by atoms with E-state index in [0.29, 0.717) is 4.60 Å². The molecule has 1 N–H and O–H groups in total. The van der Waals surface area contributed by atoms with Gasteiger partial charge in [0.25, 0.3) is 0 Å². The lowest BCUT2D eigenvalue weighted by molar-refractivity contribution is -0.138. The molecule has 9 heteroatoms. The number of rotatable bonds is 5. The second-order valence-electron chi connectivity index (χ2n) is 5.68. The van der Waals surface area contributed by atoms with E-state index >= 15 is 0 Å². The van der Waals surface area contributed by atoms with Gasteiger partial charge in [-0.05, 0) is 28.4 Å². The first-order valence-electron chi connectivity index (χ1n) is 7.03. The number of Topliss-reactive ketones (excluding diaryl/α,β-unsaturated/α-hetero) is 1. The first-order chi connectivity index (χ1) is 11.5. The van der Waals surface area contributed by atoms with Crippen LogP contribution in [0, 0.1) is 6.57 Å². The van der Waals surface area contributed by atoms with Gasteiger partial charge in [0.2, 0.25) is 0 Å². The van der Waals surface area contributed by atoms with Gasteiger partial charge in [-0.3, -0.25) is 4.79 Å². The highest BCUT2D eigenvalue weighted by Gasteiger charge is 2.35. The summed E-state index contributed by atoms with van der Waals surface area (Å²) in [6, 6.07) is 3.08. The van der Waals surface area contributed by atoms with Crippen LogP contribution in [0.5, 0.6) is 0 Å². The Bertz CT molecular complexity index is 838. The number of alkyl halides is 3. The maximum absolute atomic E-state index is 13.0. The molecule has 1 atom stereocenters. The molecule has 2 rings (SSSR count). The minimum Gasteiger partial charge on any atom is -0.380 e. The third-order valence-corrected chi connectivity index (χ3v) is 4.25. The van der Waals surface area contributed by atoms with Gasteiger partial charge in [-0.2, -0.15) is 13.2 Å². The molecule has 0 amide bonds. The summed E-state index contributed by atoms with van der Waals surface area (Å²) in [7, 11) is 0. The van der Waals surface area contributed by atoms with E-state index in [1.807, 2.05) is 0 Å². The standard InChI is InChI=1S/C16H13BrF3N3O2/c1-15(25,8-23-9-22-7-14(23)17)13(24)6-10-3-4-12(21-2)11(5-10)16(18,19)20/h3-5,7,9,25H,6,8H2,1H3/t15-/m0/s1. The number of hydrogen-bond donors (Lipinski definition) is 1. The quantitative estimate of drug-likeness (QED) is 0.755. The highest BCUT2D eigenvalue weighted by molar-refractivity contribution is 9.10. The van der Waals surface area contributed by atoms with Crippen molar-refractivity contribution in [3.8, 4) is 0 Å². The lowest BCUT2D eigenvalue weighted by atomic mass is 9.94. The van der Waals surface area contributed by atoms with Crippen LogP contribution in [0.3, 0.4) is 0 Å². The van der Waals surface area contributed by atoms with Crippen LogP contribution in [0.2, 0.25) is 0 Å². The first kappa shape index (κ1) is 19.1. The van der Waals surface area contributed by atoms with E-state index in [9.17, 15) is 23.1 Å². The normalized spacial score (nSPS) is 14.0. The number of halogens is 4. The molecule has 0 aliphatic heterocycles. The van der Waals surface area contributed by atoms with E-state index in [-0.39, 0.29) is 18.5 Å². The number of carbonyl (C=O) groups is 1. The smallest absolute Gasteiger partial charge is 0.380 e. The summed E-state index contributed by atoms with van der Waals surface area (Å²) in [5.74, 6) is -0.642. The number of carbonyl (C=O) groups excluding carboxylic acids is 1. The Morgan fingerprint density at radius 1 is 1.44 bits per heavy atom. The molecule has 1 aromatic carbocycles. The zero-order chi connectivity index (χ0) is 18.8. The van der Waals surface area contributed by atoms with Crippen molar-refractivity contribution in [1.29, 1.82) is 0 Å². The van der Waals surface area contributed by atoms with Crippen LogP contribution < -0.4 is 0 Å². The maximum atomic E-state index is 13.0. The van der Waals surface area contributed by atoms with Gasteiger partial charge < -0.3 is 9.67 Å². The fourth-order valence-corrected chi connectivity index (χ4v) is 2.57. The summed E-state index contributed by atoms with van der Waals surface area (Å²) < 4.78 is 41.0. The van der Waals surface area contributed by atoms with Crippen LogP contribution in [-0.4, -0.2) is 26.0 Å². The fraction of sp³-hybridized carbons (Fsp3) is 0.312. The summed E-state index contributed by atoms with van der Waals surface area (Å²) in [6.07, 6.45) is -2.18. The monoisotopic (exact) mass is 415 g/mol. The predicted octanol–water partition coefficient (Wildman–Crippen LogP) is 3.78. The van der Waals surface area contributed by atoms with Crippen molar-refractivity contribution in [3.63, 3.8) is 0 Å². The summed E-state index contributed by atoms with van der Waals surface area (Å²) in [6.45, 7) is 8.00. The van der Waals surface area contributed by atoms with Crippen LogP contribution in [0.25, 0.3) is 4.85 Å². The number of aliphatic hydroxyl groups is 1. The van der Waals surface area contributed by atoms with E-state index in [1.165, 1.54) is 30.1 Å². The van der Waals surface area contributed by atoms with E-state index in [1.54, 1.807) is 0 Å². The van der Waals surface area contributed by atoms with E-state index in [4.69, 9.17) is 6.57 Å². The van der Waals surface area contributed by atoms with Crippen LogP contribution in [-0.2, 0) is 23.9 Å². The predicted molar refractivity (Wildman–Crippen MR) is 87.0 cm³/mol.